The van der Waals surface area contributed by atoms with Crippen molar-refractivity contribution in [2.24, 2.45) is 0 Å². The first-order valence-electron chi connectivity index (χ1n) is 10.8. The van der Waals surface area contributed by atoms with Gasteiger partial charge in [0.1, 0.15) is 0 Å². The third-order valence-corrected chi connectivity index (χ3v) is 6.04. The van der Waals surface area contributed by atoms with Gasteiger partial charge in [0, 0.05) is 17.1 Å². The van der Waals surface area contributed by atoms with Gasteiger partial charge >= 0.3 is 0 Å². The monoisotopic (exact) mass is 381 g/mol. The van der Waals surface area contributed by atoms with Gasteiger partial charge in [-0.3, -0.25) is 4.98 Å². The van der Waals surface area contributed by atoms with Crippen LogP contribution in [0.5, 0.6) is 0 Å². The average Bonchev–Trinajstić information content (AvgIpc) is 2.72. The van der Waals surface area contributed by atoms with E-state index in [1.165, 1.54) is 43.8 Å². The molecule has 1 heteroatoms. The minimum absolute atomic E-state index is 0.497. The number of aromatic nitrogens is 1. The summed E-state index contributed by atoms with van der Waals surface area (Å²) in [4.78, 5) is 4.84. The number of benzene rings is 3. The molecule has 0 unspecified atom stereocenters. The van der Waals surface area contributed by atoms with Crippen molar-refractivity contribution in [2.45, 2.75) is 59.3 Å². The summed E-state index contributed by atoms with van der Waals surface area (Å²) in [6.07, 6.45) is 1.97. The zero-order chi connectivity index (χ0) is 20.7. The van der Waals surface area contributed by atoms with Crippen molar-refractivity contribution in [1.29, 1.82) is 0 Å². The van der Waals surface area contributed by atoms with E-state index in [0.717, 1.165) is 5.69 Å². The molecule has 1 nitrogen and oxygen atoms in total. The van der Waals surface area contributed by atoms with E-state index in [-0.39, 0.29) is 0 Å². The van der Waals surface area contributed by atoms with Crippen LogP contribution in [0.1, 0.15) is 76.0 Å². The first-order valence-corrected chi connectivity index (χ1v) is 10.8. The highest BCUT2D eigenvalue weighted by atomic mass is 14.7. The first-order chi connectivity index (χ1) is 13.8. The molecule has 0 aliphatic carbocycles. The van der Waals surface area contributed by atoms with Crippen molar-refractivity contribution >= 4 is 21.5 Å². The van der Waals surface area contributed by atoms with Gasteiger partial charge in [0.25, 0.3) is 0 Å². The SMILES string of the molecule is CC(C)c1cc(-c2nccc3c2ccc2ccc(C(C)C)cc23)cc(C(C)C)c1. The number of hydrogen-bond acceptors (Lipinski definition) is 1. The van der Waals surface area contributed by atoms with Crippen molar-refractivity contribution < 1.29 is 0 Å². The van der Waals surface area contributed by atoms with Gasteiger partial charge in [-0.15, -0.1) is 0 Å². The molecule has 0 N–H and O–H groups in total. The summed E-state index contributed by atoms with van der Waals surface area (Å²) in [5.74, 6) is 1.51. The summed E-state index contributed by atoms with van der Waals surface area (Å²) in [6.45, 7) is 13.6. The van der Waals surface area contributed by atoms with Gasteiger partial charge in [0.2, 0.25) is 0 Å². The lowest BCUT2D eigenvalue weighted by molar-refractivity contribution is 0.834. The molecule has 0 aliphatic rings. The molecular formula is C28H31N. The van der Waals surface area contributed by atoms with E-state index in [9.17, 15) is 0 Å². The molecule has 4 rings (SSSR count). The van der Waals surface area contributed by atoms with Crippen molar-refractivity contribution in [1.82, 2.24) is 4.98 Å². The van der Waals surface area contributed by atoms with Gasteiger partial charge in [-0.1, -0.05) is 77.9 Å². The Kier molecular flexibility index (Phi) is 5.17. The molecule has 4 aromatic rings. The number of fused-ring (bicyclic) bond motifs is 3. The Bertz CT molecular complexity index is 1160. The van der Waals surface area contributed by atoms with Crippen molar-refractivity contribution in [3.63, 3.8) is 0 Å². The Morgan fingerprint density at radius 2 is 1.17 bits per heavy atom. The quantitative estimate of drug-likeness (QED) is 0.323. The van der Waals surface area contributed by atoms with Gasteiger partial charge in [0.15, 0.2) is 0 Å². The molecule has 0 saturated heterocycles. The number of rotatable bonds is 4. The lowest BCUT2D eigenvalue weighted by Crippen LogP contribution is -1.96. The smallest absolute Gasteiger partial charge is 0.0780 e. The van der Waals surface area contributed by atoms with Crippen LogP contribution < -0.4 is 0 Å². The molecule has 29 heavy (non-hydrogen) atoms. The van der Waals surface area contributed by atoms with Crippen LogP contribution in [-0.4, -0.2) is 4.98 Å². The second-order valence-electron chi connectivity index (χ2n) is 9.15. The molecule has 0 radical (unpaired) electrons. The molecular weight excluding hydrogens is 350 g/mol. The van der Waals surface area contributed by atoms with E-state index in [4.69, 9.17) is 4.98 Å². The number of hydrogen-bond donors (Lipinski definition) is 0. The first kappa shape index (κ1) is 19.6. The van der Waals surface area contributed by atoms with Crippen LogP contribution in [0, 0.1) is 0 Å². The predicted octanol–water partition coefficient (Wildman–Crippen LogP) is 8.43. The molecule has 0 bridgehead atoms. The lowest BCUT2D eigenvalue weighted by Gasteiger charge is -2.16. The zero-order valence-corrected chi connectivity index (χ0v) is 18.5. The molecule has 0 fully saturated rings. The average molecular weight is 382 g/mol. The maximum absolute atomic E-state index is 4.84. The third-order valence-electron chi connectivity index (χ3n) is 6.04. The lowest BCUT2D eigenvalue weighted by atomic mass is 9.90. The van der Waals surface area contributed by atoms with Gasteiger partial charge in [0.05, 0.1) is 5.69 Å². The topological polar surface area (TPSA) is 12.9 Å². The van der Waals surface area contributed by atoms with Crippen LogP contribution in [0.4, 0.5) is 0 Å². The number of pyridine rings is 1. The van der Waals surface area contributed by atoms with Gasteiger partial charge in [-0.05, 0) is 68.8 Å². The summed E-state index contributed by atoms with van der Waals surface area (Å²) in [5.41, 5.74) is 6.46. The summed E-state index contributed by atoms with van der Waals surface area (Å²) < 4.78 is 0. The molecule has 0 spiro atoms. The fourth-order valence-electron chi connectivity index (χ4n) is 4.07. The fraction of sp³-hybridized carbons (Fsp3) is 0.321. The maximum atomic E-state index is 4.84. The van der Waals surface area contributed by atoms with E-state index in [2.05, 4.69) is 96.1 Å². The Labute approximate surface area is 174 Å². The highest BCUT2D eigenvalue weighted by Crippen LogP contribution is 2.35. The Morgan fingerprint density at radius 1 is 0.552 bits per heavy atom. The van der Waals surface area contributed by atoms with Gasteiger partial charge < -0.3 is 0 Å². The Hall–Kier alpha value is -2.67. The minimum atomic E-state index is 0.497. The van der Waals surface area contributed by atoms with Crippen LogP contribution in [0.25, 0.3) is 32.8 Å². The highest BCUT2D eigenvalue weighted by Gasteiger charge is 2.13. The maximum Gasteiger partial charge on any atom is 0.0780 e. The van der Waals surface area contributed by atoms with Crippen molar-refractivity contribution in [3.8, 4) is 11.3 Å². The highest BCUT2D eigenvalue weighted by molar-refractivity contribution is 6.11. The Balaban J connectivity index is 2.00. The van der Waals surface area contributed by atoms with Crippen molar-refractivity contribution in [2.75, 3.05) is 0 Å². The van der Waals surface area contributed by atoms with Crippen LogP contribution in [-0.2, 0) is 0 Å². The largest absolute Gasteiger partial charge is 0.256 e. The molecule has 1 heterocycles. The van der Waals surface area contributed by atoms with Crippen molar-refractivity contribution in [3.05, 3.63) is 77.5 Å². The van der Waals surface area contributed by atoms with E-state index in [0.29, 0.717) is 17.8 Å². The normalized spacial score (nSPS) is 12.0. The number of nitrogens with zero attached hydrogens (tertiary/aromatic N) is 1. The third kappa shape index (κ3) is 3.67. The summed E-state index contributed by atoms with van der Waals surface area (Å²) >= 11 is 0. The van der Waals surface area contributed by atoms with E-state index in [1.54, 1.807) is 0 Å². The van der Waals surface area contributed by atoms with Crippen LogP contribution in [0.15, 0.2) is 60.8 Å². The molecule has 3 aromatic carbocycles. The van der Waals surface area contributed by atoms with Crippen LogP contribution in [0.3, 0.4) is 0 Å². The summed E-state index contributed by atoms with van der Waals surface area (Å²) in [7, 11) is 0. The van der Waals surface area contributed by atoms with Crippen LogP contribution >= 0.6 is 0 Å². The van der Waals surface area contributed by atoms with E-state index >= 15 is 0 Å². The zero-order valence-electron chi connectivity index (χ0n) is 18.5. The Morgan fingerprint density at radius 3 is 1.79 bits per heavy atom. The van der Waals surface area contributed by atoms with E-state index in [1.807, 2.05) is 6.20 Å². The van der Waals surface area contributed by atoms with E-state index < -0.39 is 0 Å². The van der Waals surface area contributed by atoms with Gasteiger partial charge in [-0.2, -0.15) is 0 Å². The summed E-state index contributed by atoms with van der Waals surface area (Å²) in [5, 5.41) is 5.13. The minimum Gasteiger partial charge on any atom is -0.256 e. The molecule has 148 valence electrons. The predicted molar refractivity (Wildman–Crippen MR) is 127 cm³/mol. The summed E-state index contributed by atoms with van der Waals surface area (Å²) in [6, 6.07) is 20.5. The molecule has 0 saturated carbocycles. The second kappa shape index (κ2) is 7.63. The fourth-order valence-corrected chi connectivity index (χ4v) is 4.07. The molecule has 1 aromatic heterocycles. The second-order valence-corrected chi connectivity index (χ2v) is 9.15. The van der Waals surface area contributed by atoms with Crippen LogP contribution in [0.2, 0.25) is 0 Å². The standard InChI is InChI=1S/C28H31N/c1-17(2)21-8-7-20-9-10-26-25(27(20)16-21)11-12-29-28(26)24-14-22(18(3)4)13-23(15-24)19(5)6/h7-19H,1-6H3. The molecule has 0 aliphatic heterocycles. The molecule has 0 atom stereocenters. The van der Waals surface area contributed by atoms with Gasteiger partial charge in [-0.25, -0.2) is 0 Å². The molecule has 0 amide bonds.